The summed E-state index contributed by atoms with van der Waals surface area (Å²) >= 11 is 0. The topological polar surface area (TPSA) is 12.5 Å². The van der Waals surface area contributed by atoms with Gasteiger partial charge in [-0.1, -0.05) is 24.6 Å². The first-order chi connectivity index (χ1) is 10.4. The summed E-state index contributed by atoms with van der Waals surface area (Å²) in [5.41, 5.74) is 4.38. The predicted molar refractivity (Wildman–Crippen MR) is 88.8 cm³/mol. The van der Waals surface area contributed by atoms with Crippen molar-refractivity contribution in [2.45, 2.75) is 44.9 Å². The van der Waals surface area contributed by atoms with E-state index in [0.717, 1.165) is 12.2 Å². The Hall–Kier alpha value is -1.28. The van der Waals surface area contributed by atoms with Crippen LogP contribution in [-0.4, -0.2) is 31.6 Å². The number of hydrogen-bond acceptors (Lipinski definition) is 2. The highest BCUT2D eigenvalue weighted by molar-refractivity contribution is 5.72. The molecule has 0 spiro atoms. The van der Waals surface area contributed by atoms with E-state index in [-0.39, 0.29) is 0 Å². The maximum absolute atomic E-state index is 5.53. The molecule has 1 saturated heterocycles. The van der Waals surface area contributed by atoms with Gasteiger partial charge in [-0.2, -0.15) is 0 Å². The molecular weight excluding hydrogens is 258 g/mol. The molecule has 2 aliphatic rings. The summed E-state index contributed by atoms with van der Waals surface area (Å²) in [5, 5.41) is 0. The first-order valence-corrected chi connectivity index (χ1v) is 8.46. The fourth-order valence-electron chi connectivity index (χ4n) is 3.72. The average molecular weight is 285 g/mol. The minimum Gasteiger partial charge on any atom is -0.496 e. The van der Waals surface area contributed by atoms with Crippen LogP contribution in [0.3, 0.4) is 0 Å². The van der Waals surface area contributed by atoms with Crippen LogP contribution in [-0.2, 0) is 6.42 Å². The van der Waals surface area contributed by atoms with Crippen molar-refractivity contribution in [3.8, 4) is 5.75 Å². The van der Waals surface area contributed by atoms with Gasteiger partial charge in [0.25, 0.3) is 0 Å². The molecule has 2 nitrogen and oxygen atoms in total. The molecular formula is C19H27NO. The Balaban J connectivity index is 1.68. The minimum absolute atomic E-state index is 1.06. The summed E-state index contributed by atoms with van der Waals surface area (Å²) < 4.78 is 5.53. The summed E-state index contributed by atoms with van der Waals surface area (Å²) in [6.07, 6.45) is 11.5. The zero-order chi connectivity index (χ0) is 14.5. The molecule has 0 aromatic heterocycles. The van der Waals surface area contributed by atoms with E-state index in [4.69, 9.17) is 4.74 Å². The minimum atomic E-state index is 1.06. The lowest BCUT2D eigenvalue weighted by molar-refractivity contribution is 0.233. The van der Waals surface area contributed by atoms with Gasteiger partial charge in [0.15, 0.2) is 0 Å². The van der Waals surface area contributed by atoms with Gasteiger partial charge in [-0.15, -0.1) is 0 Å². The van der Waals surface area contributed by atoms with E-state index in [1.54, 1.807) is 7.11 Å². The van der Waals surface area contributed by atoms with Crippen molar-refractivity contribution in [2.75, 3.05) is 26.7 Å². The van der Waals surface area contributed by atoms with E-state index in [9.17, 15) is 0 Å². The van der Waals surface area contributed by atoms with Gasteiger partial charge in [-0.05, 0) is 68.8 Å². The Labute approximate surface area is 128 Å². The lowest BCUT2D eigenvalue weighted by atomic mass is 9.86. The van der Waals surface area contributed by atoms with Gasteiger partial charge in [0.2, 0.25) is 0 Å². The van der Waals surface area contributed by atoms with E-state index in [1.807, 2.05) is 0 Å². The van der Waals surface area contributed by atoms with Crippen molar-refractivity contribution >= 4 is 5.57 Å². The molecule has 1 heterocycles. The quantitative estimate of drug-likeness (QED) is 0.818. The van der Waals surface area contributed by atoms with Crippen molar-refractivity contribution in [2.24, 2.45) is 0 Å². The van der Waals surface area contributed by atoms with Gasteiger partial charge < -0.3 is 9.64 Å². The Kier molecular flexibility index (Phi) is 4.97. The Morgan fingerprint density at radius 3 is 2.76 bits per heavy atom. The third kappa shape index (κ3) is 3.49. The van der Waals surface area contributed by atoms with Crippen LogP contribution in [0.2, 0.25) is 0 Å². The Morgan fingerprint density at radius 1 is 1.10 bits per heavy atom. The maximum atomic E-state index is 5.53. The molecule has 1 aromatic carbocycles. The number of hydrogen-bond donors (Lipinski definition) is 0. The molecule has 0 saturated carbocycles. The standard InChI is InChI=1S/C19H27NO/c1-21-19-12-6-10-17-16(8-5-11-18(17)19)9-7-15-20-13-3-2-4-14-20/h6,9-10,12H,2-5,7-8,11,13-15H2,1H3/b16-9+. The van der Waals surface area contributed by atoms with E-state index in [1.165, 1.54) is 74.9 Å². The van der Waals surface area contributed by atoms with E-state index in [2.05, 4.69) is 29.2 Å². The van der Waals surface area contributed by atoms with Crippen molar-refractivity contribution < 1.29 is 4.74 Å². The highest BCUT2D eigenvalue weighted by atomic mass is 16.5. The third-order valence-electron chi connectivity index (χ3n) is 4.86. The highest BCUT2D eigenvalue weighted by Crippen LogP contribution is 2.36. The molecule has 21 heavy (non-hydrogen) atoms. The number of allylic oxidation sites excluding steroid dienone is 1. The number of methoxy groups -OCH3 is 1. The van der Waals surface area contributed by atoms with E-state index >= 15 is 0 Å². The van der Waals surface area contributed by atoms with Crippen LogP contribution in [0, 0.1) is 0 Å². The third-order valence-corrected chi connectivity index (χ3v) is 4.86. The number of likely N-dealkylation sites (tertiary alicyclic amines) is 1. The van der Waals surface area contributed by atoms with Crippen molar-refractivity contribution in [1.82, 2.24) is 4.90 Å². The van der Waals surface area contributed by atoms with Crippen LogP contribution in [0.5, 0.6) is 5.75 Å². The molecule has 1 fully saturated rings. The fraction of sp³-hybridized carbons (Fsp3) is 0.579. The fourth-order valence-corrected chi connectivity index (χ4v) is 3.72. The van der Waals surface area contributed by atoms with Crippen LogP contribution < -0.4 is 4.74 Å². The van der Waals surface area contributed by atoms with E-state index < -0.39 is 0 Å². The van der Waals surface area contributed by atoms with Gasteiger partial charge in [-0.3, -0.25) is 0 Å². The van der Waals surface area contributed by atoms with Crippen LogP contribution in [0.1, 0.15) is 49.7 Å². The Bertz CT molecular complexity index is 500. The summed E-state index contributed by atoms with van der Waals surface area (Å²) in [6.45, 7) is 3.82. The Morgan fingerprint density at radius 2 is 1.95 bits per heavy atom. The molecule has 1 aliphatic heterocycles. The number of nitrogens with zero attached hydrogens (tertiary/aromatic N) is 1. The molecule has 0 radical (unpaired) electrons. The van der Waals surface area contributed by atoms with Crippen molar-refractivity contribution in [3.63, 3.8) is 0 Å². The smallest absolute Gasteiger partial charge is 0.122 e. The summed E-state index contributed by atoms with van der Waals surface area (Å²) in [7, 11) is 1.78. The van der Waals surface area contributed by atoms with Gasteiger partial charge in [-0.25, -0.2) is 0 Å². The van der Waals surface area contributed by atoms with Gasteiger partial charge in [0, 0.05) is 12.1 Å². The second-order valence-electron chi connectivity index (χ2n) is 6.26. The molecule has 0 atom stereocenters. The largest absolute Gasteiger partial charge is 0.496 e. The molecule has 0 unspecified atom stereocenters. The van der Waals surface area contributed by atoms with E-state index in [0.29, 0.717) is 0 Å². The predicted octanol–water partition coefficient (Wildman–Crippen LogP) is 4.29. The number of ether oxygens (including phenoxy) is 1. The van der Waals surface area contributed by atoms with Crippen LogP contribution in [0.25, 0.3) is 5.57 Å². The van der Waals surface area contributed by atoms with Gasteiger partial charge in [0.1, 0.15) is 5.75 Å². The zero-order valence-corrected chi connectivity index (χ0v) is 13.2. The number of fused-ring (bicyclic) bond motifs is 1. The molecule has 0 N–H and O–H groups in total. The molecule has 0 amide bonds. The first-order valence-electron chi connectivity index (χ1n) is 8.46. The molecule has 1 aromatic rings. The zero-order valence-electron chi connectivity index (χ0n) is 13.2. The second kappa shape index (κ2) is 7.13. The number of benzene rings is 1. The summed E-state index contributed by atoms with van der Waals surface area (Å²) in [4.78, 5) is 2.62. The molecule has 0 bridgehead atoms. The lowest BCUT2D eigenvalue weighted by Gasteiger charge is -2.26. The summed E-state index contributed by atoms with van der Waals surface area (Å²) in [6, 6.07) is 6.49. The summed E-state index contributed by atoms with van der Waals surface area (Å²) in [5.74, 6) is 1.06. The lowest BCUT2D eigenvalue weighted by Crippen LogP contribution is -2.30. The average Bonchev–Trinajstić information content (AvgIpc) is 2.55. The molecule has 2 heteroatoms. The van der Waals surface area contributed by atoms with Crippen molar-refractivity contribution in [3.05, 3.63) is 35.4 Å². The number of piperidine rings is 1. The second-order valence-corrected chi connectivity index (χ2v) is 6.26. The van der Waals surface area contributed by atoms with Gasteiger partial charge in [0.05, 0.1) is 7.11 Å². The SMILES string of the molecule is COc1cccc2c1CCC/C2=C\CCN1CCCCC1. The van der Waals surface area contributed by atoms with Crippen LogP contribution >= 0.6 is 0 Å². The number of rotatable bonds is 4. The van der Waals surface area contributed by atoms with Crippen LogP contribution in [0.15, 0.2) is 24.3 Å². The molecule has 1 aliphatic carbocycles. The first kappa shape index (κ1) is 14.6. The maximum Gasteiger partial charge on any atom is 0.122 e. The van der Waals surface area contributed by atoms with Crippen LogP contribution in [0.4, 0.5) is 0 Å². The highest BCUT2D eigenvalue weighted by Gasteiger charge is 2.17. The van der Waals surface area contributed by atoms with Crippen molar-refractivity contribution in [1.29, 1.82) is 0 Å². The van der Waals surface area contributed by atoms with Gasteiger partial charge >= 0.3 is 0 Å². The molecule has 3 rings (SSSR count). The normalized spacial score (nSPS) is 21.3. The monoisotopic (exact) mass is 285 g/mol. The molecule has 114 valence electrons.